The summed E-state index contributed by atoms with van der Waals surface area (Å²) in [4.78, 5) is 9.30. The van der Waals surface area contributed by atoms with E-state index in [4.69, 9.17) is 9.41 Å². The van der Waals surface area contributed by atoms with Crippen molar-refractivity contribution < 1.29 is 4.42 Å². The first kappa shape index (κ1) is 17.6. The minimum absolute atomic E-state index is 0.346. The number of guanidine groups is 1. The van der Waals surface area contributed by atoms with Crippen molar-refractivity contribution in [2.45, 2.75) is 51.0 Å². The second-order valence-corrected chi connectivity index (χ2v) is 8.57. The number of nitrogens with zero attached hydrogens (tertiary/aromatic N) is 2. The van der Waals surface area contributed by atoms with Crippen LogP contribution in [0.25, 0.3) is 0 Å². The Morgan fingerprint density at radius 2 is 2.38 bits per heavy atom. The second-order valence-electron chi connectivity index (χ2n) is 7.64. The lowest BCUT2D eigenvalue weighted by molar-refractivity contribution is 0.387. The normalized spacial score (nSPS) is 26.2. The van der Waals surface area contributed by atoms with Crippen LogP contribution in [0, 0.1) is 11.8 Å². The molecule has 2 fully saturated rings. The van der Waals surface area contributed by atoms with Gasteiger partial charge in [-0.3, -0.25) is 4.99 Å². The van der Waals surface area contributed by atoms with E-state index in [1.807, 2.05) is 23.7 Å². The van der Waals surface area contributed by atoms with Crippen LogP contribution < -0.4 is 10.6 Å². The fourth-order valence-electron chi connectivity index (χ4n) is 4.29. The molecule has 0 spiro atoms. The molecule has 2 bridgehead atoms. The molecule has 26 heavy (non-hydrogen) atoms. The number of aliphatic imine (C=N–C) groups is 1. The van der Waals surface area contributed by atoms with Crippen LogP contribution in [0.4, 0.5) is 0 Å². The third-order valence-electron chi connectivity index (χ3n) is 5.70. The molecule has 0 amide bonds. The highest BCUT2D eigenvalue weighted by Crippen LogP contribution is 2.44. The summed E-state index contributed by atoms with van der Waals surface area (Å²) in [5, 5.41) is 10.4. The fourth-order valence-corrected chi connectivity index (χ4v) is 4.98. The summed E-state index contributed by atoms with van der Waals surface area (Å²) in [6.45, 7) is 3.77. The highest BCUT2D eigenvalue weighted by atomic mass is 32.1. The highest BCUT2D eigenvalue weighted by Gasteiger charge is 2.39. The van der Waals surface area contributed by atoms with Crippen LogP contribution in [-0.2, 0) is 6.42 Å². The van der Waals surface area contributed by atoms with Gasteiger partial charge < -0.3 is 15.1 Å². The third kappa shape index (κ3) is 4.29. The average Bonchev–Trinajstić information content (AvgIpc) is 3.44. The molecule has 6 heteroatoms. The molecule has 2 saturated carbocycles. The summed E-state index contributed by atoms with van der Waals surface area (Å²) >= 11 is 1.71. The molecule has 4 atom stereocenters. The van der Waals surface area contributed by atoms with Crippen LogP contribution in [0.5, 0.6) is 0 Å². The number of hydrogen-bond acceptors (Lipinski definition) is 4. The van der Waals surface area contributed by atoms with Gasteiger partial charge in [0, 0.05) is 36.5 Å². The molecule has 0 aromatic carbocycles. The first-order valence-electron chi connectivity index (χ1n) is 9.74. The van der Waals surface area contributed by atoms with Crippen molar-refractivity contribution in [3.63, 3.8) is 0 Å². The lowest BCUT2D eigenvalue weighted by Gasteiger charge is -2.25. The number of nitrogens with one attached hydrogen (secondary N) is 2. The Morgan fingerprint density at radius 3 is 3.08 bits per heavy atom. The van der Waals surface area contributed by atoms with Crippen LogP contribution in [0.2, 0.25) is 0 Å². The zero-order chi connectivity index (χ0) is 17.8. The van der Waals surface area contributed by atoms with E-state index in [2.05, 4.69) is 22.5 Å². The molecule has 2 aliphatic rings. The maximum absolute atomic E-state index is 5.43. The van der Waals surface area contributed by atoms with E-state index in [9.17, 15) is 0 Å². The Morgan fingerprint density at radius 1 is 1.42 bits per heavy atom. The molecular weight excluding hydrogens is 344 g/mol. The van der Waals surface area contributed by atoms with Crippen molar-refractivity contribution in [1.29, 1.82) is 0 Å². The number of rotatable bonds is 7. The number of furan rings is 1. The van der Waals surface area contributed by atoms with Gasteiger partial charge in [0.05, 0.1) is 17.8 Å². The zero-order valence-electron chi connectivity index (χ0n) is 15.4. The Bertz CT molecular complexity index is 697. The van der Waals surface area contributed by atoms with E-state index in [0.717, 1.165) is 48.1 Å². The summed E-state index contributed by atoms with van der Waals surface area (Å²) in [5.41, 5.74) is 0. The number of hydrogen-bond donors (Lipinski definition) is 2. The van der Waals surface area contributed by atoms with Gasteiger partial charge in [-0.1, -0.05) is 13.3 Å². The Kier molecular flexibility index (Phi) is 5.58. The van der Waals surface area contributed by atoms with Crippen molar-refractivity contribution in [3.05, 3.63) is 40.7 Å². The van der Waals surface area contributed by atoms with Gasteiger partial charge in [-0.15, -0.1) is 11.3 Å². The van der Waals surface area contributed by atoms with Gasteiger partial charge in [-0.05, 0) is 43.2 Å². The van der Waals surface area contributed by atoms with E-state index in [-0.39, 0.29) is 0 Å². The Balaban J connectivity index is 1.35. The molecule has 5 nitrogen and oxygen atoms in total. The number of fused-ring (bicyclic) bond motifs is 2. The van der Waals surface area contributed by atoms with E-state index < -0.39 is 0 Å². The van der Waals surface area contributed by atoms with Gasteiger partial charge >= 0.3 is 0 Å². The summed E-state index contributed by atoms with van der Waals surface area (Å²) < 4.78 is 5.43. The summed E-state index contributed by atoms with van der Waals surface area (Å²) in [7, 11) is 0. The van der Waals surface area contributed by atoms with Crippen molar-refractivity contribution >= 4 is 17.3 Å². The third-order valence-corrected chi connectivity index (χ3v) is 6.71. The van der Waals surface area contributed by atoms with Gasteiger partial charge in [-0.25, -0.2) is 4.98 Å². The van der Waals surface area contributed by atoms with Crippen molar-refractivity contribution in [1.82, 2.24) is 15.6 Å². The SMILES string of the molecule is CC(CN=C(NCCc1ccco1)NC1CC2CCC1C2)c1nccs1. The predicted octanol–water partition coefficient (Wildman–Crippen LogP) is 3.81. The first-order valence-corrected chi connectivity index (χ1v) is 10.6. The maximum Gasteiger partial charge on any atom is 0.191 e. The summed E-state index contributed by atoms with van der Waals surface area (Å²) in [6.07, 6.45) is 9.95. The van der Waals surface area contributed by atoms with Crippen LogP contribution in [0.3, 0.4) is 0 Å². The van der Waals surface area contributed by atoms with Crippen LogP contribution in [-0.4, -0.2) is 30.1 Å². The average molecular weight is 373 g/mol. The molecule has 0 aliphatic heterocycles. The van der Waals surface area contributed by atoms with Crippen LogP contribution in [0.15, 0.2) is 39.4 Å². The molecule has 2 heterocycles. The van der Waals surface area contributed by atoms with E-state index >= 15 is 0 Å². The molecule has 0 saturated heterocycles. The zero-order valence-corrected chi connectivity index (χ0v) is 16.2. The highest BCUT2D eigenvalue weighted by molar-refractivity contribution is 7.09. The van der Waals surface area contributed by atoms with Gasteiger partial charge in [-0.2, -0.15) is 0 Å². The molecule has 4 rings (SSSR count). The molecule has 2 aromatic rings. The van der Waals surface area contributed by atoms with E-state index in [1.165, 1.54) is 25.7 Å². The van der Waals surface area contributed by atoms with Crippen LogP contribution >= 0.6 is 11.3 Å². The molecular formula is C20H28N4OS. The topological polar surface area (TPSA) is 62.5 Å². The molecule has 2 N–H and O–H groups in total. The van der Waals surface area contributed by atoms with E-state index in [1.54, 1.807) is 17.6 Å². The number of aromatic nitrogens is 1. The minimum Gasteiger partial charge on any atom is -0.469 e. The lowest BCUT2D eigenvalue weighted by Crippen LogP contribution is -2.46. The largest absolute Gasteiger partial charge is 0.469 e. The van der Waals surface area contributed by atoms with Crippen molar-refractivity contribution in [2.24, 2.45) is 16.8 Å². The van der Waals surface area contributed by atoms with Crippen molar-refractivity contribution in [3.8, 4) is 0 Å². The molecule has 2 aromatic heterocycles. The maximum atomic E-state index is 5.43. The Hall–Kier alpha value is -1.82. The number of thiazole rings is 1. The molecule has 4 unspecified atom stereocenters. The molecule has 2 aliphatic carbocycles. The fraction of sp³-hybridized carbons (Fsp3) is 0.600. The predicted molar refractivity (Wildman–Crippen MR) is 106 cm³/mol. The summed E-state index contributed by atoms with van der Waals surface area (Å²) in [6, 6.07) is 4.54. The molecule has 140 valence electrons. The van der Waals surface area contributed by atoms with Crippen molar-refractivity contribution in [2.75, 3.05) is 13.1 Å². The first-order chi connectivity index (χ1) is 12.8. The van der Waals surface area contributed by atoms with Gasteiger partial charge in [0.15, 0.2) is 5.96 Å². The standard InChI is InChI=1S/C20H28N4OS/c1-14(19-21-8-10-26-19)13-23-20(22-7-6-17-3-2-9-25-17)24-18-12-15-4-5-16(18)11-15/h2-3,8-10,14-16,18H,4-7,11-13H2,1H3,(H2,22,23,24). The smallest absolute Gasteiger partial charge is 0.191 e. The minimum atomic E-state index is 0.346. The Labute approximate surface area is 159 Å². The van der Waals surface area contributed by atoms with Gasteiger partial charge in [0.2, 0.25) is 0 Å². The quantitative estimate of drug-likeness (QED) is 0.573. The molecule has 0 radical (unpaired) electrons. The monoisotopic (exact) mass is 372 g/mol. The lowest BCUT2D eigenvalue weighted by atomic mass is 9.95. The van der Waals surface area contributed by atoms with E-state index in [0.29, 0.717) is 12.0 Å². The van der Waals surface area contributed by atoms with Gasteiger partial charge in [0.25, 0.3) is 0 Å². The summed E-state index contributed by atoms with van der Waals surface area (Å²) in [5.74, 6) is 4.05. The van der Waals surface area contributed by atoms with Gasteiger partial charge in [0.1, 0.15) is 5.76 Å². The second kappa shape index (κ2) is 8.25. The van der Waals surface area contributed by atoms with Crippen LogP contribution in [0.1, 0.15) is 49.3 Å².